The van der Waals surface area contributed by atoms with E-state index >= 15 is 0 Å². The third-order valence-electron chi connectivity index (χ3n) is 2.24. The highest BCUT2D eigenvalue weighted by molar-refractivity contribution is 6.09. The van der Waals surface area contributed by atoms with Gasteiger partial charge >= 0.3 is 0 Å². The van der Waals surface area contributed by atoms with E-state index in [1.165, 1.54) is 6.20 Å². The molecule has 5 nitrogen and oxygen atoms in total. The molecule has 2 aromatic rings. The number of hydrogen-bond donors (Lipinski definition) is 1. The van der Waals surface area contributed by atoms with Crippen LogP contribution in [0.2, 0.25) is 0 Å². The van der Waals surface area contributed by atoms with E-state index < -0.39 is 0 Å². The van der Waals surface area contributed by atoms with Crippen molar-refractivity contribution in [3.05, 3.63) is 41.7 Å². The number of benzene rings is 1. The molecular weight excluding hydrogens is 218 g/mol. The zero-order valence-corrected chi connectivity index (χ0v) is 9.51. The van der Waals surface area contributed by atoms with Crippen LogP contribution in [0.1, 0.15) is 29.4 Å². The van der Waals surface area contributed by atoms with Crippen LogP contribution in [-0.2, 0) is 0 Å². The number of ether oxygens (including phenoxy) is 1. The molecule has 0 aliphatic carbocycles. The smallest absolute Gasteiger partial charge is 0.218 e. The van der Waals surface area contributed by atoms with Gasteiger partial charge in [0.2, 0.25) is 5.78 Å². The number of aromatic amines is 1. The number of hydrogen-bond acceptors (Lipinski definition) is 4. The number of nitrogens with zero attached hydrogens (tertiary/aromatic N) is 2. The number of aromatic nitrogens is 3. The maximum atomic E-state index is 12.1. The molecule has 0 atom stereocenters. The summed E-state index contributed by atoms with van der Waals surface area (Å²) in [5, 5.41) is 9.82. The van der Waals surface area contributed by atoms with Gasteiger partial charge in [0.15, 0.2) is 5.69 Å². The molecule has 0 saturated heterocycles. The van der Waals surface area contributed by atoms with Crippen LogP contribution in [0.3, 0.4) is 0 Å². The van der Waals surface area contributed by atoms with E-state index in [4.69, 9.17) is 4.74 Å². The van der Waals surface area contributed by atoms with Crippen molar-refractivity contribution in [1.29, 1.82) is 0 Å². The number of carbonyl (C=O) groups excluding carboxylic acids is 1. The number of rotatable bonds is 5. The molecule has 0 amide bonds. The molecule has 0 unspecified atom stereocenters. The molecule has 1 N–H and O–H groups in total. The molecule has 5 heteroatoms. The van der Waals surface area contributed by atoms with E-state index in [-0.39, 0.29) is 11.5 Å². The fourth-order valence-electron chi connectivity index (χ4n) is 1.44. The fraction of sp³-hybridized carbons (Fsp3) is 0.250. The quantitative estimate of drug-likeness (QED) is 0.797. The van der Waals surface area contributed by atoms with Crippen LogP contribution >= 0.6 is 0 Å². The molecule has 1 aromatic carbocycles. The molecule has 0 fully saturated rings. The van der Waals surface area contributed by atoms with Gasteiger partial charge in [-0.05, 0) is 18.6 Å². The second kappa shape index (κ2) is 5.25. The highest BCUT2D eigenvalue weighted by Crippen LogP contribution is 2.20. The number of nitrogens with one attached hydrogen (secondary N) is 1. The normalized spacial score (nSPS) is 10.2. The maximum absolute atomic E-state index is 12.1. The van der Waals surface area contributed by atoms with Gasteiger partial charge in [-0.2, -0.15) is 15.4 Å². The predicted molar refractivity (Wildman–Crippen MR) is 62.0 cm³/mol. The summed E-state index contributed by atoms with van der Waals surface area (Å²) in [7, 11) is 0. The van der Waals surface area contributed by atoms with Gasteiger partial charge in [0.05, 0.1) is 18.4 Å². The van der Waals surface area contributed by atoms with Crippen LogP contribution in [0.5, 0.6) is 5.75 Å². The number of carbonyl (C=O) groups is 1. The molecule has 2 rings (SSSR count). The Bertz CT molecular complexity index is 494. The first-order chi connectivity index (χ1) is 8.33. The predicted octanol–water partition coefficient (Wildman–Crippen LogP) is 1.82. The molecule has 17 heavy (non-hydrogen) atoms. The van der Waals surface area contributed by atoms with Gasteiger partial charge in [0.25, 0.3) is 0 Å². The molecule has 88 valence electrons. The van der Waals surface area contributed by atoms with Gasteiger partial charge in [-0.3, -0.25) is 4.79 Å². The molecule has 0 saturated carbocycles. The molecule has 0 spiro atoms. The summed E-state index contributed by atoms with van der Waals surface area (Å²) in [6.45, 7) is 2.60. The molecule has 1 aromatic heterocycles. The summed E-state index contributed by atoms with van der Waals surface area (Å²) < 4.78 is 5.53. The van der Waals surface area contributed by atoms with E-state index in [0.717, 1.165) is 6.42 Å². The molecule has 0 aliphatic rings. The standard InChI is InChI=1S/C12H13N3O2/c1-2-7-17-11-6-4-3-5-9(11)12(16)10-8-13-15-14-10/h3-6,8H,2,7H2,1H3,(H,13,14,15). The van der Waals surface area contributed by atoms with E-state index in [9.17, 15) is 4.79 Å². The van der Waals surface area contributed by atoms with Crippen LogP contribution in [0, 0.1) is 0 Å². The Kier molecular flexibility index (Phi) is 3.49. The maximum Gasteiger partial charge on any atom is 0.218 e. The van der Waals surface area contributed by atoms with E-state index in [1.807, 2.05) is 13.0 Å². The monoisotopic (exact) mass is 231 g/mol. The van der Waals surface area contributed by atoms with Crippen molar-refractivity contribution in [2.75, 3.05) is 6.61 Å². The highest BCUT2D eigenvalue weighted by atomic mass is 16.5. The second-order valence-electron chi connectivity index (χ2n) is 3.53. The van der Waals surface area contributed by atoms with Crippen molar-refractivity contribution in [2.24, 2.45) is 0 Å². The number of para-hydroxylation sites is 1. The Labute approximate surface area is 98.8 Å². The Balaban J connectivity index is 2.28. The van der Waals surface area contributed by atoms with Gasteiger partial charge in [0, 0.05) is 0 Å². The summed E-state index contributed by atoms with van der Waals surface area (Å²) in [6, 6.07) is 7.14. The summed E-state index contributed by atoms with van der Waals surface area (Å²) in [5.74, 6) is 0.396. The second-order valence-corrected chi connectivity index (χ2v) is 3.53. The van der Waals surface area contributed by atoms with Crippen LogP contribution in [0.25, 0.3) is 0 Å². The van der Waals surface area contributed by atoms with Crippen molar-refractivity contribution >= 4 is 5.78 Å². The summed E-state index contributed by atoms with van der Waals surface area (Å²) in [4.78, 5) is 12.1. The molecule has 1 heterocycles. The lowest BCUT2D eigenvalue weighted by molar-refractivity contribution is 0.103. The summed E-state index contributed by atoms with van der Waals surface area (Å²) in [6.07, 6.45) is 2.30. The van der Waals surface area contributed by atoms with E-state index in [2.05, 4.69) is 15.4 Å². The minimum atomic E-state index is -0.189. The minimum Gasteiger partial charge on any atom is -0.493 e. The van der Waals surface area contributed by atoms with Crippen molar-refractivity contribution in [2.45, 2.75) is 13.3 Å². The van der Waals surface area contributed by atoms with Crippen molar-refractivity contribution in [3.8, 4) is 5.75 Å². The topological polar surface area (TPSA) is 67.9 Å². The van der Waals surface area contributed by atoms with Gasteiger partial charge in [-0.15, -0.1) is 0 Å². The van der Waals surface area contributed by atoms with Gasteiger partial charge < -0.3 is 4.74 Å². The van der Waals surface area contributed by atoms with Crippen molar-refractivity contribution < 1.29 is 9.53 Å². The lowest BCUT2D eigenvalue weighted by Gasteiger charge is -2.08. The molecular formula is C12H13N3O2. The number of ketones is 1. The lowest BCUT2D eigenvalue weighted by atomic mass is 10.1. The largest absolute Gasteiger partial charge is 0.493 e. The van der Waals surface area contributed by atoms with Gasteiger partial charge in [0.1, 0.15) is 5.75 Å². The van der Waals surface area contributed by atoms with Gasteiger partial charge in [-0.1, -0.05) is 19.1 Å². The first-order valence-electron chi connectivity index (χ1n) is 5.45. The highest BCUT2D eigenvalue weighted by Gasteiger charge is 2.16. The Morgan fingerprint density at radius 1 is 1.41 bits per heavy atom. The van der Waals surface area contributed by atoms with Crippen LogP contribution in [0.4, 0.5) is 0 Å². The lowest BCUT2D eigenvalue weighted by Crippen LogP contribution is -2.06. The SMILES string of the molecule is CCCOc1ccccc1C(=O)c1cn[nH]n1. The minimum absolute atomic E-state index is 0.189. The third-order valence-corrected chi connectivity index (χ3v) is 2.24. The first kappa shape index (κ1) is 11.3. The van der Waals surface area contributed by atoms with Crippen LogP contribution in [0.15, 0.2) is 30.5 Å². The van der Waals surface area contributed by atoms with Crippen molar-refractivity contribution in [3.63, 3.8) is 0 Å². The van der Waals surface area contributed by atoms with Crippen LogP contribution < -0.4 is 4.74 Å². The van der Waals surface area contributed by atoms with Gasteiger partial charge in [-0.25, -0.2) is 0 Å². The summed E-state index contributed by atoms with van der Waals surface area (Å²) in [5.41, 5.74) is 0.799. The third kappa shape index (κ3) is 2.50. The Hall–Kier alpha value is -2.17. The number of H-pyrrole nitrogens is 1. The average Bonchev–Trinajstić information content (AvgIpc) is 2.89. The fourth-order valence-corrected chi connectivity index (χ4v) is 1.44. The molecule has 0 aliphatic heterocycles. The Morgan fingerprint density at radius 2 is 2.24 bits per heavy atom. The van der Waals surface area contributed by atoms with E-state index in [1.54, 1.807) is 18.2 Å². The zero-order chi connectivity index (χ0) is 12.1. The van der Waals surface area contributed by atoms with Crippen molar-refractivity contribution in [1.82, 2.24) is 15.4 Å². The van der Waals surface area contributed by atoms with E-state index in [0.29, 0.717) is 17.9 Å². The first-order valence-corrected chi connectivity index (χ1v) is 5.45. The Morgan fingerprint density at radius 3 is 2.94 bits per heavy atom. The molecule has 0 bridgehead atoms. The molecule has 0 radical (unpaired) electrons. The zero-order valence-electron chi connectivity index (χ0n) is 9.51. The summed E-state index contributed by atoms with van der Waals surface area (Å²) >= 11 is 0. The van der Waals surface area contributed by atoms with Crippen LogP contribution in [-0.4, -0.2) is 27.8 Å². The average molecular weight is 231 g/mol.